The lowest BCUT2D eigenvalue weighted by Gasteiger charge is -2.27. The molecule has 0 aliphatic rings. The van der Waals surface area contributed by atoms with E-state index in [0.29, 0.717) is 0 Å². The number of carboxylic acids is 4. The fourth-order valence-electron chi connectivity index (χ4n) is 5.96. The number of rotatable bonds is 36. The Morgan fingerprint density at radius 3 is 0.973 bits per heavy atom. The van der Waals surface area contributed by atoms with Crippen LogP contribution in [0.4, 0.5) is 0 Å². The van der Waals surface area contributed by atoms with Crippen molar-refractivity contribution in [1.82, 2.24) is 63.0 Å². The summed E-state index contributed by atoms with van der Waals surface area (Å²) in [7, 11) is 2.55. The molecule has 0 radical (unpaired) electrons. The standard InChI is InChI=1S/C43H68N12O20/c1-22(40(70)54(5)24(3)38(68)48-20-34(62)46-18-32(60)44-16-14-30(58)52-26(42(72)73)10-12-36(64)65)50-28(56)8-7-9-29(57)51-23(2)41(71)55(6)25(4)39(69)49-21-35(63)47-19-33(61)45-17-15-31(59)53-27(43(74)75)11-13-37(66)67/h22-27H,7-21H2,1-6H3,(H,44,60)(H,45,61)(H,46,62)(H,47,63)(H,48,68)(H,49,69)(H,50,56)(H,51,57)(H,52,58)(H,53,59)(H,64,65)(H,66,67)(H,72,73)(H,74,75). The number of nitrogens with zero attached hydrogens (tertiary/aromatic N) is 2. The van der Waals surface area contributed by atoms with E-state index in [-0.39, 0.29) is 58.0 Å². The number of carbonyl (C=O) groups is 16. The highest BCUT2D eigenvalue weighted by Crippen LogP contribution is 2.05. The number of carboxylic acid groups (broad SMARTS) is 4. The molecule has 0 aliphatic heterocycles. The maximum absolute atomic E-state index is 13.0. The van der Waals surface area contributed by atoms with Crippen molar-refractivity contribution in [2.45, 2.75) is 122 Å². The topological polar surface area (TPSA) is 481 Å². The Kier molecular flexibility index (Phi) is 30.9. The Balaban J connectivity index is 4.59. The van der Waals surface area contributed by atoms with Crippen molar-refractivity contribution >= 4 is 94.8 Å². The molecule has 14 N–H and O–H groups in total. The summed E-state index contributed by atoms with van der Waals surface area (Å²) in [6, 6.07) is -7.42. The van der Waals surface area contributed by atoms with E-state index in [2.05, 4.69) is 53.2 Å². The van der Waals surface area contributed by atoms with Crippen LogP contribution in [0.3, 0.4) is 0 Å². The van der Waals surface area contributed by atoms with Gasteiger partial charge in [0.05, 0.1) is 26.2 Å². The summed E-state index contributed by atoms with van der Waals surface area (Å²) >= 11 is 0. The summed E-state index contributed by atoms with van der Waals surface area (Å²) in [5, 5.41) is 58.5. The molecule has 0 heterocycles. The Hall–Kier alpha value is -8.48. The maximum Gasteiger partial charge on any atom is 0.326 e. The summed E-state index contributed by atoms with van der Waals surface area (Å²) in [5.41, 5.74) is 0. The molecular weight excluding hydrogens is 1000 g/mol. The molecule has 6 atom stereocenters. The molecular formula is C43H68N12O20. The smallest absolute Gasteiger partial charge is 0.326 e. The van der Waals surface area contributed by atoms with E-state index in [0.717, 1.165) is 9.80 Å². The summed E-state index contributed by atoms with van der Waals surface area (Å²) in [6.07, 6.45) is -2.82. The van der Waals surface area contributed by atoms with E-state index in [9.17, 15) is 76.7 Å². The van der Waals surface area contributed by atoms with Gasteiger partial charge in [0.1, 0.15) is 36.3 Å². The summed E-state index contributed by atoms with van der Waals surface area (Å²) in [4.78, 5) is 195. The fourth-order valence-corrected chi connectivity index (χ4v) is 5.96. The molecule has 0 bridgehead atoms. The predicted octanol–water partition coefficient (Wildman–Crippen LogP) is -6.79. The molecule has 0 aromatic rings. The SMILES string of the molecule is CC(NC(=O)CCCC(=O)NC(C)C(=O)N(C)C(C)C(=O)NCC(=O)NCC(=O)NCCC(=O)NC(CCC(=O)O)C(=O)O)C(=O)N(C)C(C)C(=O)NCC(=O)NCC(=O)NCCC(=O)NC(CCC(=O)O)C(=O)O. The van der Waals surface area contributed by atoms with Crippen molar-refractivity contribution in [2.75, 3.05) is 53.4 Å². The minimum Gasteiger partial charge on any atom is -0.481 e. The fraction of sp³-hybridized carbons (Fsp3) is 0.628. The molecule has 32 nitrogen and oxygen atoms in total. The highest BCUT2D eigenvalue weighted by Gasteiger charge is 2.29. The molecule has 0 aromatic heterocycles. The van der Waals surface area contributed by atoms with E-state index in [1.807, 2.05) is 0 Å². The molecule has 12 amide bonds. The molecule has 75 heavy (non-hydrogen) atoms. The first kappa shape index (κ1) is 66.5. The number of hydrogen-bond acceptors (Lipinski definition) is 16. The van der Waals surface area contributed by atoms with Crippen LogP contribution in [-0.4, -0.2) is 215 Å². The number of amides is 12. The lowest BCUT2D eigenvalue weighted by Crippen LogP contribution is -2.53. The van der Waals surface area contributed by atoms with Gasteiger partial charge in [0.15, 0.2) is 0 Å². The molecule has 420 valence electrons. The quantitative estimate of drug-likeness (QED) is 0.0277. The number of hydrogen-bond donors (Lipinski definition) is 14. The second kappa shape index (κ2) is 34.8. The van der Waals surface area contributed by atoms with Gasteiger partial charge >= 0.3 is 23.9 Å². The van der Waals surface area contributed by atoms with Crippen LogP contribution in [0.15, 0.2) is 0 Å². The highest BCUT2D eigenvalue weighted by atomic mass is 16.4. The van der Waals surface area contributed by atoms with Crippen molar-refractivity contribution < 1.29 is 97.1 Å². The van der Waals surface area contributed by atoms with Gasteiger partial charge in [0.2, 0.25) is 70.9 Å². The van der Waals surface area contributed by atoms with Crippen molar-refractivity contribution in [3.05, 3.63) is 0 Å². The summed E-state index contributed by atoms with van der Waals surface area (Å²) in [6.45, 7) is 2.62. The number of carbonyl (C=O) groups excluding carboxylic acids is 12. The van der Waals surface area contributed by atoms with Crippen molar-refractivity contribution in [2.24, 2.45) is 0 Å². The average Bonchev–Trinajstić information content (AvgIpc) is 3.33. The molecule has 6 unspecified atom stereocenters. The number of nitrogens with one attached hydrogen (secondary N) is 10. The second-order valence-electron chi connectivity index (χ2n) is 16.7. The lowest BCUT2D eigenvalue weighted by molar-refractivity contribution is -0.144. The Morgan fingerprint density at radius 1 is 0.373 bits per heavy atom. The average molecular weight is 1070 g/mol. The normalized spacial score (nSPS) is 12.9. The third kappa shape index (κ3) is 29.0. The van der Waals surface area contributed by atoms with E-state index >= 15 is 0 Å². The van der Waals surface area contributed by atoms with E-state index in [1.54, 1.807) is 0 Å². The molecule has 0 rings (SSSR count). The van der Waals surface area contributed by atoms with Gasteiger partial charge in [0, 0.05) is 65.7 Å². The van der Waals surface area contributed by atoms with Crippen LogP contribution in [-0.2, 0) is 76.7 Å². The number of aliphatic carboxylic acids is 4. The van der Waals surface area contributed by atoms with Gasteiger partial charge in [-0.05, 0) is 47.0 Å². The number of likely N-dealkylation sites (N-methyl/N-ethyl adjacent to an activating group) is 2. The first-order valence-electron chi connectivity index (χ1n) is 23.2. The minimum absolute atomic E-state index is 0.0103. The molecule has 0 fully saturated rings. The van der Waals surface area contributed by atoms with Crippen LogP contribution in [0.1, 0.15) is 85.5 Å². The maximum atomic E-state index is 13.0. The van der Waals surface area contributed by atoms with Gasteiger partial charge in [-0.25, -0.2) is 9.59 Å². The zero-order valence-corrected chi connectivity index (χ0v) is 42.3. The third-order valence-corrected chi connectivity index (χ3v) is 10.6. The van der Waals surface area contributed by atoms with Gasteiger partial charge in [-0.3, -0.25) is 67.1 Å². The van der Waals surface area contributed by atoms with Crippen LogP contribution in [0.2, 0.25) is 0 Å². The summed E-state index contributed by atoms with van der Waals surface area (Å²) < 4.78 is 0. The van der Waals surface area contributed by atoms with E-state index in [4.69, 9.17) is 20.4 Å². The third-order valence-electron chi connectivity index (χ3n) is 10.6. The predicted molar refractivity (Wildman–Crippen MR) is 254 cm³/mol. The van der Waals surface area contributed by atoms with E-state index < -0.39 is 170 Å². The molecule has 32 heteroatoms. The van der Waals surface area contributed by atoms with Crippen molar-refractivity contribution in [3.8, 4) is 0 Å². The van der Waals surface area contributed by atoms with Crippen LogP contribution in [0.5, 0.6) is 0 Å². The monoisotopic (exact) mass is 1070 g/mol. The molecule has 0 saturated heterocycles. The first-order chi connectivity index (χ1) is 35.0. The lowest BCUT2D eigenvalue weighted by atomic mass is 10.1. The molecule has 0 saturated carbocycles. The van der Waals surface area contributed by atoms with Crippen LogP contribution >= 0.6 is 0 Å². The van der Waals surface area contributed by atoms with Crippen molar-refractivity contribution in [1.29, 1.82) is 0 Å². The van der Waals surface area contributed by atoms with Crippen LogP contribution < -0.4 is 53.2 Å². The first-order valence-corrected chi connectivity index (χ1v) is 23.2. The summed E-state index contributed by atoms with van der Waals surface area (Å²) in [5.74, 6) is -14.1. The van der Waals surface area contributed by atoms with Gasteiger partial charge in [-0.2, -0.15) is 0 Å². The Morgan fingerprint density at radius 2 is 0.667 bits per heavy atom. The zero-order valence-electron chi connectivity index (χ0n) is 42.3. The largest absolute Gasteiger partial charge is 0.481 e. The van der Waals surface area contributed by atoms with Crippen LogP contribution in [0, 0.1) is 0 Å². The Bertz CT molecular complexity index is 1980. The van der Waals surface area contributed by atoms with Crippen LogP contribution in [0.25, 0.3) is 0 Å². The minimum atomic E-state index is -1.44. The van der Waals surface area contributed by atoms with Gasteiger partial charge in [-0.1, -0.05) is 0 Å². The van der Waals surface area contributed by atoms with Gasteiger partial charge in [-0.15, -0.1) is 0 Å². The molecule has 0 aromatic carbocycles. The van der Waals surface area contributed by atoms with Gasteiger partial charge < -0.3 is 83.4 Å². The van der Waals surface area contributed by atoms with Crippen molar-refractivity contribution in [3.63, 3.8) is 0 Å². The molecule has 0 aliphatic carbocycles. The Labute approximate surface area is 429 Å². The molecule has 0 spiro atoms. The highest BCUT2D eigenvalue weighted by molar-refractivity contribution is 5.95. The van der Waals surface area contributed by atoms with E-state index in [1.165, 1.54) is 41.8 Å². The second-order valence-corrected chi connectivity index (χ2v) is 16.7. The zero-order chi connectivity index (χ0) is 57.5. The van der Waals surface area contributed by atoms with Gasteiger partial charge in [0.25, 0.3) is 0 Å².